The van der Waals surface area contributed by atoms with E-state index in [4.69, 9.17) is 4.74 Å². The molecule has 2 heterocycles. The molecule has 1 unspecified atom stereocenters. The summed E-state index contributed by atoms with van der Waals surface area (Å²) in [5.41, 5.74) is 4.78. The Morgan fingerprint density at radius 3 is 2.86 bits per heavy atom. The van der Waals surface area contributed by atoms with E-state index in [0.29, 0.717) is 6.61 Å². The molecule has 6 heteroatoms. The standard InChI is InChI=1S/C23H24FN3O2/c1-2-3-10-27-13-17-11-20(8-9-21(17)22(27)14-28)29-15-18-12-25-26-23(18)16-4-6-19(24)7-5-16/h4-9,11-12,14,22H,2-3,10,13,15H2,1H3,(H,25,26). The van der Waals surface area contributed by atoms with Gasteiger partial charge in [-0.05, 0) is 60.5 Å². The van der Waals surface area contributed by atoms with Gasteiger partial charge in [0.05, 0.1) is 17.9 Å². The minimum atomic E-state index is -0.272. The third-order valence-corrected chi connectivity index (χ3v) is 5.37. The first-order valence-corrected chi connectivity index (χ1v) is 9.92. The van der Waals surface area contributed by atoms with Crippen LogP contribution in [-0.4, -0.2) is 27.9 Å². The predicted octanol–water partition coefficient (Wildman–Crippen LogP) is 4.65. The van der Waals surface area contributed by atoms with Crippen molar-refractivity contribution < 1.29 is 13.9 Å². The quantitative estimate of drug-likeness (QED) is 0.566. The molecule has 1 atom stereocenters. The van der Waals surface area contributed by atoms with Crippen molar-refractivity contribution in [2.45, 2.75) is 39.0 Å². The lowest BCUT2D eigenvalue weighted by molar-refractivity contribution is -0.112. The number of nitrogens with zero attached hydrogens (tertiary/aromatic N) is 2. The fourth-order valence-electron chi connectivity index (χ4n) is 3.80. The van der Waals surface area contributed by atoms with Gasteiger partial charge in [-0.2, -0.15) is 5.10 Å². The summed E-state index contributed by atoms with van der Waals surface area (Å²) < 4.78 is 19.2. The van der Waals surface area contributed by atoms with Crippen LogP contribution in [0.4, 0.5) is 4.39 Å². The van der Waals surface area contributed by atoms with Gasteiger partial charge in [0.15, 0.2) is 0 Å². The Balaban J connectivity index is 1.47. The third kappa shape index (κ3) is 4.07. The molecule has 3 aromatic rings. The van der Waals surface area contributed by atoms with Gasteiger partial charge in [-0.1, -0.05) is 19.4 Å². The number of fused-ring (bicyclic) bond motifs is 1. The molecular weight excluding hydrogens is 369 g/mol. The number of halogens is 1. The van der Waals surface area contributed by atoms with Crippen molar-refractivity contribution in [3.63, 3.8) is 0 Å². The summed E-state index contributed by atoms with van der Waals surface area (Å²) in [5, 5.41) is 7.07. The fourth-order valence-corrected chi connectivity index (χ4v) is 3.80. The van der Waals surface area contributed by atoms with Crippen molar-refractivity contribution in [3.05, 3.63) is 71.2 Å². The summed E-state index contributed by atoms with van der Waals surface area (Å²) in [7, 11) is 0. The van der Waals surface area contributed by atoms with Crippen LogP contribution in [0.1, 0.15) is 42.5 Å². The molecule has 0 radical (unpaired) electrons. The molecule has 1 aromatic heterocycles. The van der Waals surface area contributed by atoms with Gasteiger partial charge in [0.1, 0.15) is 24.5 Å². The summed E-state index contributed by atoms with van der Waals surface area (Å²) in [6.45, 7) is 4.18. The molecule has 0 aliphatic carbocycles. The average Bonchev–Trinajstić information content (AvgIpc) is 3.34. The highest BCUT2D eigenvalue weighted by Crippen LogP contribution is 2.35. The number of carbonyl (C=O) groups excluding carboxylic acids is 1. The van der Waals surface area contributed by atoms with E-state index in [1.165, 1.54) is 12.1 Å². The molecule has 0 spiro atoms. The third-order valence-electron chi connectivity index (χ3n) is 5.37. The van der Waals surface area contributed by atoms with E-state index in [9.17, 15) is 9.18 Å². The van der Waals surface area contributed by atoms with Crippen LogP contribution < -0.4 is 4.74 Å². The molecule has 1 aliphatic heterocycles. The van der Waals surface area contributed by atoms with Crippen LogP contribution in [0.3, 0.4) is 0 Å². The monoisotopic (exact) mass is 393 g/mol. The lowest BCUT2D eigenvalue weighted by Crippen LogP contribution is -2.24. The number of benzene rings is 2. The number of carbonyl (C=O) groups is 1. The molecule has 1 N–H and O–H groups in total. The smallest absolute Gasteiger partial charge is 0.141 e. The fraction of sp³-hybridized carbons (Fsp3) is 0.304. The molecule has 0 bridgehead atoms. The Hall–Kier alpha value is -2.99. The molecule has 0 saturated carbocycles. The largest absolute Gasteiger partial charge is 0.489 e. The predicted molar refractivity (Wildman–Crippen MR) is 109 cm³/mol. The lowest BCUT2D eigenvalue weighted by atomic mass is 10.1. The maximum absolute atomic E-state index is 13.2. The normalized spacial score (nSPS) is 16.0. The zero-order valence-electron chi connectivity index (χ0n) is 16.4. The van der Waals surface area contributed by atoms with Crippen LogP contribution in [0.15, 0.2) is 48.7 Å². The molecule has 0 fully saturated rings. The van der Waals surface area contributed by atoms with Crippen molar-refractivity contribution in [2.75, 3.05) is 6.54 Å². The summed E-state index contributed by atoms with van der Waals surface area (Å²) in [6, 6.07) is 12.0. The Kier molecular flexibility index (Phi) is 5.71. The first-order valence-electron chi connectivity index (χ1n) is 9.92. The van der Waals surface area contributed by atoms with E-state index in [0.717, 1.165) is 65.9 Å². The molecule has 5 nitrogen and oxygen atoms in total. The number of hydrogen-bond donors (Lipinski definition) is 1. The summed E-state index contributed by atoms with van der Waals surface area (Å²) >= 11 is 0. The van der Waals surface area contributed by atoms with Gasteiger partial charge in [0.25, 0.3) is 0 Å². The second-order valence-electron chi connectivity index (χ2n) is 7.33. The van der Waals surface area contributed by atoms with E-state index in [-0.39, 0.29) is 11.9 Å². The van der Waals surface area contributed by atoms with Gasteiger partial charge in [0.2, 0.25) is 0 Å². The highest BCUT2D eigenvalue weighted by molar-refractivity contribution is 5.65. The Morgan fingerprint density at radius 2 is 2.10 bits per heavy atom. The van der Waals surface area contributed by atoms with Gasteiger partial charge in [-0.15, -0.1) is 0 Å². The number of hydrogen-bond acceptors (Lipinski definition) is 4. The molecule has 150 valence electrons. The highest BCUT2D eigenvalue weighted by Gasteiger charge is 2.29. The first kappa shape index (κ1) is 19.3. The van der Waals surface area contributed by atoms with Crippen molar-refractivity contribution in [2.24, 2.45) is 0 Å². The Morgan fingerprint density at radius 1 is 1.28 bits per heavy atom. The summed E-state index contributed by atoms with van der Waals surface area (Å²) in [4.78, 5) is 13.8. The topological polar surface area (TPSA) is 58.2 Å². The van der Waals surface area contributed by atoms with Gasteiger partial charge in [0, 0.05) is 17.7 Å². The highest BCUT2D eigenvalue weighted by atomic mass is 19.1. The van der Waals surface area contributed by atoms with E-state index in [1.54, 1.807) is 18.3 Å². The average molecular weight is 393 g/mol. The maximum atomic E-state index is 13.2. The second-order valence-corrected chi connectivity index (χ2v) is 7.33. The van der Waals surface area contributed by atoms with Gasteiger partial charge in [-0.3, -0.25) is 10.00 Å². The number of rotatable bonds is 8. The van der Waals surface area contributed by atoms with E-state index in [1.807, 2.05) is 18.2 Å². The van der Waals surface area contributed by atoms with Crippen LogP contribution in [-0.2, 0) is 17.9 Å². The van der Waals surface area contributed by atoms with Crippen LogP contribution in [0.25, 0.3) is 11.3 Å². The van der Waals surface area contributed by atoms with Crippen LogP contribution >= 0.6 is 0 Å². The van der Waals surface area contributed by atoms with E-state index in [2.05, 4.69) is 22.0 Å². The SMILES string of the molecule is CCCCN1Cc2cc(OCc3cn[nH]c3-c3ccc(F)cc3)ccc2C1C=O. The molecule has 4 rings (SSSR count). The maximum Gasteiger partial charge on any atom is 0.141 e. The van der Waals surface area contributed by atoms with Gasteiger partial charge in [-0.25, -0.2) is 4.39 Å². The lowest BCUT2D eigenvalue weighted by Gasteiger charge is -2.19. The first-order chi connectivity index (χ1) is 14.2. The summed E-state index contributed by atoms with van der Waals surface area (Å²) in [5.74, 6) is 0.489. The molecule has 0 amide bonds. The molecule has 0 saturated heterocycles. The number of aromatic nitrogens is 2. The van der Waals surface area contributed by atoms with Crippen LogP contribution in [0.2, 0.25) is 0 Å². The van der Waals surface area contributed by atoms with Gasteiger partial charge >= 0.3 is 0 Å². The number of unbranched alkanes of at least 4 members (excludes halogenated alkanes) is 1. The van der Waals surface area contributed by atoms with Crippen molar-refractivity contribution in [3.8, 4) is 17.0 Å². The molecule has 29 heavy (non-hydrogen) atoms. The zero-order chi connectivity index (χ0) is 20.2. The Bertz CT molecular complexity index is 984. The van der Waals surface area contributed by atoms with Crippen LogP contribution in [0.5, 0.6) is 5.75 Å². The molecular formula is C23H24FN3O2. The minimum absolute atomic E-state index is 0.162. The number of nitrogens with one attached hydrogen (secondary N) is 1. The van der Waals surface area contributed by atoms with Crippen LogP contribution in [0, 0.1) is 5.82 Å². The molecule has 2 aromatic carbocycles. The number of ether oxygens (including phenoxy) is 1. The van der Waals surface area contributed by atoms with Crippen molar-refractivity contribution in [1.82, 2.24) is 15.1 Å². The van der Waals surface area contributed by atoms with Gasteiger partial charge < -0.3 is 9.53 Å². The van der Waals surface area contributed by atoms with E-state index >= 15 is 0 Å². The second kappa shape index (κ2) is 8.57. The molecule has 1 aliphatic rings. The minimum Gasteiger partial charge on any atom is -0.489 e. The zero-order valence-corrected chi connectivity index (χ0v) is 16.4. The number of H-pyrrole nitrogens is 1. The van der Waals surface area contributed by atoms with E-state index < -0.39 is 0 Å². The number of aldehydes is 1. The van der Waals surface area contributed by atoms with Crippen molar-refractivity contribution >= 4 is 6.29 Å². The number of aromatic amines is 1. The summed E-state index contributed by atoms with van der Waals surface area (Å²) in [6.07, 6.45) is 4.94. The van der Waals surface area contributed by atoms with Crippen molar-refractivity contribution in [1.29, 1.82) is 0 Å². The Labute approximate surface area is 169 Å².